The minimum absolute atomic E-state index is 0.162. The van der Waals surface area contributed by atoms with Gasteiger partial charge >= 0.3 is 0 Å². The third kappa shape index (κ3) is 2.86. The summed E-state index contributed by atoms with van der Waals surface area (Å²) >= 11 is 0. The lowest BCUT2D eigenvalue weighted by molar-refractivity contribution is 0.102. The molecule has 0 aromatic heterocycles. The van der Waals surface area contributed by atoms with Crippen LogP contribution < -0.4 is 5.32 Å². The Labute approximate surface area is 118 Å². The lowest BCUT2D eigenvalue weighted by Gasteiger charge is -2.12. The van der Waals surface area contributed by atoms with E-state index >= 15 is 0 Å². The fraction of sp³-hybridized carbons (Fsp3) is 0.176. The highest BCUT2D eigenvalue weighted by Crippen LogP contribution is 2.22. The van der Waals surface area contributed by atoms with Crippen LogP contribution in [0.15, 0.2) is 36.4 Å². The largest absolute Gasteiger partial charge is 0.322 e. The number of nitrogens with one attached hydrogen (secondary N) is 1. The van der Waals surface area contributed by atoms with Gasteiger partial charge in [-0.1, -0.05) is 17.7 Å². The van der Waals surface area contributed by atoms with Gasteiger partial charge in [-0.2, -0.15) is 5.26 Å². The molecule has 0 bridgehead atoms. The molecular weight excluding hydrogens is 248 g/mol. The van der Waals surface area contributed by atoms with Crippen molar-refractivity contribution in [3.05, 3.63) is 64.2 Å². The van der Waals surface area contributed by atoms with E-state index in [4.69, 9.17) is 5.26 Å². The van der Waals surface area contributed by atoms with Crippen LogP contribution in [0.2, 0.25) is 0 Å². The second kappa shape index (κ2) is 5.58. The molecule has 0 aliphatic carbocycles. The van der Waals surface area contributed by atoms with E-state index in [1.165, 1.54) is 5.56 Å². The van der Waals surface area contributed by atoms with Crippen LogP contribution in [0.25, 0.3) is 0 Å². The fourth-order valence-corrected chi connectivity index (χ4v) is 2.26. The van der Waals surface area contributed by atoms with Gasteiger partial charge in [-0.25, -0.2) is 0 Å². The molecule has 2 aromatic carbocycles. The Hall–Kier alpha value is -2.60. The van der Waals surface area contributed by atoms with Gasteiger partial charge in [0.1, 0.15) is 0 Å². The Bertz CT molecular complexity index is 671. The number of rotatable bonds is 2. The molecule has 100 valence electrons. The zero-order chi connectivity index (χ0) is 14.7. The summed E-state index contributed by atoms with van der Waals surface area (Å²) in [5.74, 6) is -0.162. The molecule has 0 spiro atoms. The van der Waals surface area contributed by atoms with Gasteiger partial charge in [0.15, 0.2) is 0 Å². The van der Waals surface area contributed by atoms with E-state index < -0.39 is 0 Å². The monoisotopic (exact) mass is 264 g/mol. The zero-order valence-electron chi connectivity index (χ0n) is 11.8. The first-order chi connectivity index (χ1) is 9.51. The molecule has 0 saturated carbocycles. The van der Waals surface area contributed by atoms with Crippen molar-refractivity contribution in [2.45, 2.75) is 20.8 Å². The van der Waals surface area contributed by atoms with Gasteiger partial charge < -0.3 is 5.32 Å². The molecule has 0 aliphatic heterocycles. The summed E-state index contributed by atoms with van der Waals surface area (Å²) in [4.78, 5) is 12.2. The van der Waals surface area contributed by atoms with Gasteiger partial charge in [-0.15, -0.1) is 0 Å². The molecule has 0 fully saturated rings. The number of amides is 1. The minimum Gasteiger partial charge on any atom is -0.322 e. The van der Waals surface area contributed by atoms with Crippen molar-refractivity contribution >= 4 is 11.6 Å². The maximum atomic E-state index is 12.2. The van der Waals surface area contributed by atoms with E-state index in [1.54, 1.807) is 24.3 Å². The van der Waals surface area contributed by atoms with Crippen molar-refractivity contribution in [3.63, 3.8) is 0 Å². The van der Waals surface area contributed by atoms with Crippen LogP contribution >= 0.6 is 0 Å². The number of nitrogens with zero attached hydrogens (tertiary/aromatic N) is 1. The van der Waals surface area contributed by atoms with Gasteiger partial charge in [0, 0.05) is 11.3 Å². The van der Waals surface area contributed by atoms with E-state index in [0.29, 0.717) is 11.1 Å². The van der Waals surface area contributed by atoms with E-state index in [9.17, 15) is 4.79 Å². The van der Waals surface area contributed by atoms with Crippen molar-refractivity contribution in [2.75, 3.05) is 5.32 Å². The molecule has 1 amide bonds. The van der Waals surface area contributed by atoms with E-state index in [0.717, 1.165) is 16.8 Å². The van der Waals surface area contributed by atoms with Crippen LogP contribution in [0.5, 0.6) is 0 Å². The number of anilines is 1. The number of hydrogen-bond acceptors (Lipinski definition) is 2. The Balaban J connectivity index is 2.26. The first-order valence-electron chi connectivity index (χ1n) is 6.40. The molecule has 3 heteroatoms. The van der Waals surface area contributed by atoms with Crippen molar-refractivity contribution in [1.29, 1.82) is 5.26 Å². The number of benzene rings is 2. The third-order valence-corrected chi connectivity index (χ3v) is 3.19. The molecular formula is C17H16N2O. The Kier molecular flexibility index (Phi) is 3.86. The predicted molar refractivity (Wildman–Crippen MR) is 79.8 cm³/mol. The smallest absolute Gasteiger partial charge is 0.255 e. The SMILES string of the molecule is Cc1cc(C)c(NC(=O)c2ccc(C#N)cc2)c(C)c1. The van der Waals surface area contributed by atoms with Crippen LogP contribution in [-0.4, -0.2) is 5.91 Å². The third-order valence-electron chi connectivity index (χ3n) is 3.19. The maximum absolute atomic E-state index is 12.2. The highest BCUT2D eigenvalue weighted by Gasteiger charge is 2.10. The molecule has 0 unspecified atom stereocenters. The van der Waals surface area contributed by atoms with Crippen LogP contribution in [0.4, 0.5) is 5.69 Å². The molecule has 0 radical (unpaired) electrons. The molecule has 2 rings (SSSR count). The molecule has 0 saturated heterocycles. The van der Waals surface area contributed by atoms with Crippen molar-refractivity contribution in [1.82, 2.24) is 0 Å². The molecule has 2 aromatic rings. The topological polar surface area (TPSA) is 52.9 Å². The highest BCUT2D eigenvalue weighted by atomic mass is 16.1. The van der Waals surface area contributed by atoms with Crippen LogP contribution in [0, 0.1) is 32.1 Å². The summed E-state index contributed by atoms with van der Waals surface area (Å²) in [6, 6.07) is 12.7. The quantitative estimate of drug-likeness (QED) is 0.898. The van der Waals surface area contributed by atoms with Crippen molar-refractivity contribution < 1.29 is 4.79 Å². The second-order valence-electron chi connectivity index (χ2n) is 4.92. The first kappa shape index (κ1) is 13.8. The summed E-state index contributed by atoms with van der Waals surface area (Å²) in [6.07, 6.45) is 0. The number of aryl methyl sites for hydroxylation is 3. The number of hydrogen-bond donors (Lipinski definition) is 1. The van der Waals surface area contributed by atoms with E-state index in [1.807, 2.05) is 39.0 Å². The summed E-state index contributed by atoms with van der Waals surface area (Å²) in [7, 11) is 0. The van der Waals surface area contributed by atoms with Gasteiger partial charge in [0.05, 0.1) is 11.6 Å². The zero-order valence-corrected chi connectivity index (χ0v) is 11.8. The van der Waals surface area contributed by atoms with Crippen LogP contribution in [0.1, 0.15) is 32.6 Å². The minimum atomic E-state index is -0.162. The van der Waals surface area contributed by atoms with E-state index in [2.05, 4.69) is 5.32 Å². The standard InChI is InChI=1S/C17H16N2O/c1-11-8-12(2)16(13(3)9-11)19-17(20)15-6-4-14(10-18)5-7-15/h4-9H,1-3H3,(H,19,20). The summed E-state index contributed by atoms with van der Waals surface area (Å²) in [5.41, 5.74) is 5.21. The second-order valence-corrected chi connectivity index (χ2v) is 4.92. The number of nitriles is 1. The van der Waals surface area contributed by atoms with Gasteiger partial charge in [-0.05, 0) is 56.2 Å². The molecule has 20 heavy (non-hydrogen) atoms. The van der Waals surface area contributed by atoms with Crippen LogP contribution in [-0.2, 0) is 0 Å². The predicted octanol–water partition coefficient (Wildman–Crippen LogP) is 3.74. The first-order valence-corrected chi connectivity index (χ1v) is 6.40. The van der Waals surface area contributed by atoms with Gasteiger partial charge in [0.25, 0.3) is 5.91 Å². The summed E-state index contributed by atoms with van der Waals surface area (Å²) in [6.45, 7) is 6.00. The molecule has 0 atom stereocenters. The highest BCUT2D eigenvalue weighted by molar-refractivity contribution is 6.05. The Morgan fingerprint density at radius 3 is 2.10 bits per heavy atom. The van der Waals surface area contributed by atoms with E-state index in [-0.39, 0.29) is 5.91 Å². The lowest BCUT2D eigenvalue weighted by atomic mass is 10.0. The summed E-state index contributed by atoms with van der Waals surface area (Å²) < 4.78 is 0. The average molecular weight is 264 g/mol. The summed E-state index contributed by atoms with van der Waals surface area (Å²) in [5, 5.41) is 11.7. The Morgan fingerprint density at radius 2 is 1.60 bits per heavy atom. The van der Waals surface area contributed by atoms with Gasteiger partial charge in [0.2, 0.25) is 0 Å². The number of carbonyl (C=O) groups excluding carboxylic acids is 1. The Morgan fingerprint density at radius 1 is 1.05 bits per heavy atom. The fourth-order valence-electron chi connectivity index (χ4n) is 2.26. The molecule has 0 heterocycles. The molecule has 1 N–H and O–H groups in total. The average Bonchev–Trinajstić information content (AvgIpc) is 2.42. The normalized spacial score (nSPS) is 9.90. The lowest BCUT2D eigenvalue weighted by Crippen LogP contribution is -2.13. The molecule has 3 nitrogen and oxygen atoms in total. The van der Waals surface area contributed by atoms with Crippen LogP contribution in [0.3, 0.4) is 0 Å². The number of carbonyl (C=O) groups is 1. The van der Waals surface area contributed by atoms with Crippen molar-refractivity contribution in [3.8, 4) is 6.07 Å². The van der Waals surface area contributed by atoms with Gasteiger partial charge in [-0.3, -0.25) is 4.79 Å². The van der Waals surface area contributed by atoms with Crippen molar-refractivity contribution in [2.24, 2.45) is 0 Å². The molecule has 0 aliphatic rings. The maximum Gasteiger partial charge on any atom is 0.255 e.